The van der Waals surface area contributed by atoms with Gasteiger partial charge in [-0.2, -0.15) is 0 Å². The van der Waals surface area contributed by atoms with E-state index >= 15 is 0 Å². The number of rotatable bonds is 4. The zero-order valence-corrected chi connectivity index (χ0v) is 12.3. The number of hydrogen-bond donors (Lipinski definition) is 0. The Morgan fingerprint density at radius 1 is 1.15 bits per heavy atom. The molecule has 0 radical (unpaired) electrons. The van der Waals surface area contributed by atoms with Crippen LogP contribution in [0, 0.1) is 6.92 Å². The van der Waals surface area contributed by atoms with Crippen molar-refractivity contribution in [3.05, 3.63) is 30.0 Å². The first-order valence-corrected chi connectivity index (χ1v) is 7.41. The van der Waals surface area contributed by atoms with Crippen LogP contribution in [0.4, 0.5) is 5.95 Å². The second-order valence-corrected chi connectivity index (χ2v) is 5.60. The molecule has 106 valence electrons. The van der Waals surface area contributed by atoms with Crippen molar-refractivity contribution < 1.29 is 0 Å². The lowest BCUT2D eigenvalue weighted by atomic mass is 10.2. The molecule has 0 bridgehead atoms. The summed E-state index contributed by atoms with van der Waals surface area (Å²) in [6.07, 6.45) is 2.69. The number of aryl methyl sites for hydroxylation is 1. The van der Waals surface area contributed by atoms with Crippen LogP contribution in [0.5, 0.6) is 0 Å². The lowest BCUT2D eigenvalue weighted by molar-refractivity contribution is 0.346. The molecule has 1 fully saturated rings. The molecule has 2 heterocycles. The van der Waals surface area contributed by atoms with Gasteiger partial charge in [-0.05, 0) is 38.9 Å². The number of hydrogen-bond acceptors (Lipinski definition) is 4. The molecule has 3 rings (SSSR count). The van der Waals surface area contributed by atoms with Crippen LogP contribution in [0.2, 0.25) is 0 Å². The van der Waals surface area contributed by atoms with Gasteiger partial charge >= 0.3 is 0 Å². The number of fused-ring (bicyclic) bond motifs is 1. The fourth-order valence-electron chi connectivity index (χ4n) is 2.79. The van der Waals surface area contributed by atoms with E-state index in [1.807, 2.05) is 12.1 Å². The normalized spacial score (nSPS) is 15.9. The minimum absolute atomic E-state index is 0.834. The van der Waals surface area contributed by atoms with Gasteiger partial charge < -0.3 is 9.80 Å². The maximum absolute atomic E-state index is 4.68. The van der Waals surface area contributed by atoms with E-state index in [1.54, 1.807) is 0 Å². The van der Waals surface area contributed by atoms with Gasteiger partial charge in [0.25, 0.3) is 0 Å². The molecule has 1 saturated heterocycles. The zero-order valence-electron chi connectivity index (χ0n) is 12.3. The monoisotopic (exact) mass is 270 g/mol. The number of benzene rings is 1. The maximum atomic E-state index is 4.68. The van der Waals surface area contributed by atoms with Crippen molar-refractivity contribution in [3.8, 4) is 0 Å². The molecule has 1 aromatic carbocycles. The Balaban J connectivity index is 1.75. The summed E-state index contributed by atoms with van der Waals surface area (Å²) in [6.45, 7) is 6.63. The Hall–Kier alpha value is -1.68. The van der Waals surface area contributed by atoms with Gasteiger partial charge in [0.2, 0.25) is 5.95 Å². The summed E-state index contributed by atoms with van der Waals surface area (Å²) in [5.74, 6) is 0.834. The van der Waals surface area contributed by atoms with Crippen molar-refractivity contribution in [2.24, 2.45) is 0 Å². The van der Waals surface area contributed by atoms with Crippen LogP contribution in [0.15, 0.2) is 24.3 Å². The summed E-state index contributed by atoms with van der Waals surface area (Å²) in [4.78, 5) is 14.0. The van der Waals surface area contributed by atoms with E-state index in [0.717, 1.165) is 35.6 Å². The van der Waals surface area contributed by atoms with E-state index in [4.69, 9.17) is 0 Å². The summed E-state index contributed by atoms with van der Waals surface area (Å²) >= 11 is 0. The number of nitrogens with zero attached hydrogens (tertiary/aromatic N) is 4. The third-order valence-electron chi connectivity index (χ3n) is 4.07. The van der Waals surface area contributed by atoms with Crippen LogP contribution >= 0.6 is 0 Å². The van der Waals surface area contributed by atoms with E-state index in [9.17, 15) is 0 Å². The second-order valence-electron chi connectivity index (χ2n) is 5.60. The SMILES string of the molecule is Cc1nc(N(C)CCN2CCCC2)nc2ccccc12. The third-order valence-corrected chi connectivity index (χ3v) is 4.07. The van der Waals surface area contributed by atoms with Crippen molar-refractivity contribution >= 4 is 16.9 Å². The lowest BCUT2D eigenvalue weighted by Crippen LogP contribution is -2.32. The first-order valence-electron chi connectivity index (χ1n) is 7.41. The summed E-state index contributed by atoms with van der Waals surface area (Å²) in [5.41, 5.74) is 2.08. The van der Waals surface area contributed by atoms with Crippen LogP contribution < -0.4 is 4.90 Å². The molecule has 4 heteroatoms. The smallest absolute Gasteiger partial charge is 0.225 e. The third kappa shape index (κ3) is 2.75. The van der Waals surface area contributed by atoms with Crippen molar-refractivity contribution in [2.75, 3.05) is 38.1 Å². The Labute approximate surface area is 120 Å². The molecule has 0 atom stereocenters. The second kappa shape index (κ2) is 5.75. The number of anilines is 1. The number of likely N-dealkylation sites (N-methyl/N-ethyl adjacent to an activating group) is 1. The zero-order chi connectivity index (χ0) is 13.9. The minimum atomic E-state index is 0.834. The molecule has 0 N–H and O–H groups in total. The van der Waals surface area contributed by atoms with Gasteiger partial charge in [0.1, 0.15) is 0 Å². The molecular formula is C16H22N4. The predicted molar refractivity (Wildman–Crippen MR) is 83.2 cm³/mol. The molecule has 0 aliphatic carbocycles. The number of aromatic nitrogens is 2. The van der Waals surface area contributed by atoms with Gasteiger partial charge in [0.05, 0.1) is 11.2 Å². The Morgan fingerprint density at radius 3 is 2.70 bits per heavy atom. The molecule has 0 unspecified atom stereocenters. The summed E-state index contributed by atoms with van der Waals surface area (Å²) in [7, 11) is 2.08. The van der Waals surface area contributed by atoms with E-state index in [1.165, 1.54) is 25.9 Å². The van der Waals surface area contributed by atoms with Gasteiger partial charge in [0, 0.05) is 25.5 Å². The quantitative estimate of drug-likeness (QED) is 0.854. The van der Waals surface area contributed by atoms with Crippen LogP contribution in [0.3, 0.4) is 0 Å². The Bertz CT molecular complexity index is 590. The number of likely N-dealkylation sites (tertiary alicyclic amines) is 1. The highest BCUT2D eigenvalue weighted by Crippen LogP contribution is 2.18. The van der Waals surface area contributed by atoms with Crippen LogP contribution in [-0.4, -0.2) is 48.1 Å². The minimum Gasteiger partial charge on any atom is -0.343 e. The van der Waals surface area contributed by atoms with Gasteiger partial charge in [-0.15, -0.1) is 0 Å². The van der Waals surface area contributed by atoms with Crippen molar-refractivity contribution in [3.63, 3.8) is 0 Å². The average Bonchev–Trinajstić information content (AvgIpc) is 2.98. The summed E-state index contributed by atoms with van der Waals surface area (Å²) in [6, 6.07) is 8.21. The van der Waals surface area contributed by atoms with Crippen molar-refractivity contribution in [2.45, 2.75) is 19.8 Å². The standard InChI is InChI=1S/C16H22N4/c1-13-14-7-3-4-8-15(14)18-16(17-13)19(2)11-12-20-9-5-6-10-20/h3-4,7-8H,5-6,9-12H2,1-2H3. The Morgan fingerprint density at radius 2 is 1.90 bits per heavy atom. The Kier molecular flexibility index (Phi) is 3.83. The van der Waals surface area contributed by atoms with E-state index in [-0.39, 0.29) is 0 Å². The summed E-state index contributed by atoms with van der Waals surface area (Å²) < 4.78 is 0. The highest BCUT2D eigenvalue weighted by atomic mass is 15.3. The highest BCUT2D eigenvalue weighted by molar-refractivity contribution is 5.81. The average molecular weight is 270 g/mol. The molecule has 0 saturated carbocycles. The molecule has 4 nitrogen and oxygen atoms in total. The fourth-order valence-corrected chi connectivity index (χ4v) is 2.79. The van der Waals surface area contributed by atoms with Gasteiger partial charge in [-0.3, -0.25) is 0 Å². The number of para-hydroxylation sites is 1. The molecule has 1 aliphatic heterocycles. The predicted octanol–water partition coefficient (Wildman–Crippen LogP) is 2.47. The lowest BCUT2D eigenvalue weighted by Gasteiger charge is -2.22. The van der Waals surface area contributed by atoms with Crippen LogP contribution in [0.25, 0.3) is 10.9 Å². The first kappa shape index (κ1) is 13.3. The van der Waals surface area contributed by atoms with Crippen LogP contribution in [-0.2, 0) is 0 Å². The molecule has 1 aliphatic rings. The highest BCUT2D eigenvalue weighted by Gasteiger charge is 2.13. The van der Waals surface area contributed by atoms with Gasteiger partial charge in [0.15, 0.2) is 0 Å². The van der Waals surface area contributed by atoms with Gasteiger partial charge in [-0.1, -0.05) is 18.2 Å². The molecule has 0 spiro atoms. The molecule has 2 aromatic rings. The van der Waals surface area contributed by atoms with Crippen LogP contribution in [0.1, 0.15) is 18.5 Å². The maximum Gasteiger partial charge on any atom is 0.225 e. The topological polar surface area (TPSA) is 32.3 Å². The van der Waals surface area contributed by atoms with E-state index < -0.39 is 0 Å². The largest absolute Gasteiger partial charge is 0.343 e. The fraction of sp³-hybridized carbons (Fsp3) is 0.500. The van der Waals surface area contributed by atoms with E-state index in [0.29, 0.717) is 0 Å². The van der Waals surface area contributed by atoms with Crippen molar-refractivity contribution in [1.82, 2.24) is 14.9 Å². The first-order chi connectivity index (χ1) is 9.74. The molecule has 0 amide bonds. The molecule has 1 aromatic heterocycles. The summed E-state index contributed by atoms with van der Waals surface area (Å²) in [5, 5.41) is 1.14. The van der Waals surface area contributed by atoms with E-state index in [2.05, 4.69) is 45.9 Å². The molecular weight excluding hydrogens is 248 g/mol. The molecule has 20 heavy (non-hydrogen) atoms. The van der Waals surface area contributed by atoms with Crippen molar-refractivity contribution in [1.29, 1.82) is 0 Å². The van der Waals surface area contributed by atoms with Gasteiger partial charge in [-0.25, -0.2) is 9.97 Å².